The molecule has 4 heteroatoms. The fraction of sp³-hybridized carbons (Fsp3) is 0. The highest BCUT2D eigenvalue weighted by Crippen LogP contribution is 2.20. The maximum Gasteiger partial charge on any atom is 0.173 e. The number of nitriles is 1. The van der Waals surface area contributed by atoms with Crippen LogP contribution in [-0.2, 0) is 0 Å². The number of pyridine rings is 1. The van der Waals surface area contributed by atoms with Gasteiger partial charge in [0.25, 0.3) is 0 Å². The van der Waals surface area contributed by atoms with Gasteiger partial charge in [0.2, 0.25) is 0 Å². The zero-order chi connectivity index (χ0) is 11.7. The van der Waals surface area contributed by atoms with Crippen LogP contribution >= 0.6 is 0 Å². The van der Waals surface area contributed by atoms with E-state index in [-0.39, 0.29) is 0 Å². The molecule has 0 unspecified atom stereocenters. The van der Waals surface area contributed by atoms with Crippen molar-refractivity contribution in [3.8, 4) is 17.3 Å². The first-order chi connectivity index (χ1) is 8.40. The third-order valence-corrected chi connectivity index (χ3v) is 2.61. The third kappa shape index (κ3) is 1.45. The number of fused-ring (bicyclic) bond motifs is 1. The van der Waals surface area contributed by atoms with Gasteiger partial charge in [-0.1, -0.05) is 30.3 Å². The number of rotatable bonds is 1. The standard InChI is InChI=1S/C13H8N4/c14-8-11-6-7-12(10-4-2-1-3-5-10)17-13(11)15-9-16-17/h1-7,9H. The van der Waals surface area contributed by atoms with E-state index < -0.39 is 0 Å². The second kappa shape index (κ2) is 3.72. The molecule has 80 valence electrons. The highest BCUT2D eigenvalue weighted by molar-refractivity contribution is 5.66. The molecule has 0 saturated carbocycles. The summed E-state index contributed by atoms with van der Waals surface area (Å²) in [5.41, 5.74) is 3.10. The Morgan fingerprint density at radius 2 is 1.88 bits per heavy atom. The number of benzene rings is 1. The summed E-state index contributed by atoms with van der Waals surface area (Å²) >= 11 is 0. The molecule has 3 aromatic rings. The minimum absolute atomic E-state index is 0.530. The zero-order valence-corrected chi connectivity index (χ0v) is 8.91. The monoisotopic (exact) mass is 220 g/mol. The lowest BCUT2D eigenvalue weighted by Crippen LogP contribution is -1.95. The molecule has 3 rings (SSSR count). The molecule has 0 amide bonds. The van der Waals surface area contributed by atoms with E-state index in [1.807, 2.05) is 36.4 Å². The van der Waals surface area contributed by atoms with Crippen molar-refractivity contribution in [1.29, 1.82) is 5.26 Å². The molecule has 0 saturated heterocycles. The molecule has 4 nitrogen and oxygen atoms in total. The van der Waals surface area contributed by atoms with Crippen LogP contribution in [0.4, 0.5) is 0 Å². The van der Waals surface area contributed by atoms with Gasteiger partial charge in [-0.25, -0.2) is 9.50 Å². The molecule has 0 aliphatic heterocycles. The van der Waals surface area contributed by atoms with Crippen LogP contribution in [0, 0.1) is 11.3 Å². The van der Waals surface area contributed by atoms with Gasteiger partial charge in [-0.2, -0.15) is 10.4 Å². The van der Waals surface area contributed by atoms with E-state index in [0.717, 1.165) is 11.3 Å². The maximum absolute atomic E-state index is 8.98. The number of hydrogen-bond acceptors (Lipinski definition) is 3. The van der Waals surface area contributed by atoms with Crippen molar-refractivity contribution in [3.63, 3.8) is 0 Å². The van der Waals surface area contributed by atoms with Gasteiger partial charge in [0.05, 0.1) is 11.3 Å². The molecule has 0 aliphatic carbocycles. The Balaban J connectivity index is 2.33. The van der Waals surface area contributed by atoms with Crippen LogP contribution < -0.4 is 0 Å². The first kappa shape index (κ1) is 9.55. The normalized spacial score (nSPS) is 10.3. The zero-order valence-electron chi connectivity index (χ0n) is 8.91. The molecule has 2 aromatic heterocycles. The Morgan fingerprint density at radius 3 is 2.65 bits per heavy atom. The van der Waals surface area contributed by atoms with Crippen molar-refractivity contribution < 1.29 is 0 Å². The lowest BCUT2D eigenvalue weighted by atomic mass is 10.1. The summed E-state index contributed by atoms with van der Waals surface area (Å²) in [6.45, 7) is 0. The Kier molecular flexibility index (Phi) is 2.09. The average Bonchev–Trinajstić information content (AvgIpc) is 2.88. The summed E-state index contributed by atoms with van der Waals surface area (Å²) in [5.74, 6) is 0. The van der Waals surface area contributed by atoms with Crippen LogP contribution in [0.25, 0.3) is 16.9 Å². The van der Waals surface area contributed by atoms with Gasteiger partial charge >= 0.3 is 0 Å². The Labute approximate surface area is 97.8 Å². The first-order valence-corrected chi connectivity index (χ1v) is 5.18. The average molecular weight is 220 g/mol. The van der Waals surface area contributed by atoms with Gasteiger partial charge < -0.3 is 0 Å². The van der Waals surface area contributed by atoms with Crippen LogP contribution in [0.5, 0.6) is 0 Å². The molecule has 0 N–H and O–H groups in total. The molecule has 0 radical (unpaired) electrons. The van der Waals surface area contributed by atoms with Gasteiger partial charge in [-0.05, 0) is 12.1 Å². The molecule has 0 spiro atoms. The number of aromatic nitrogens is 3. The predicted octanol–water partition coefficient (Wildman–Crippen LogP) is 2.27. The fourth-order valence-corrected chi connectivity index (χ4v) is 1.82. The second-order valence-electron chi connectivity index (χ2n) is 3.61. The van der Waals surface area contributed by atoms with Crippen molar-refractivity contribution in [2.24, 2.45) is 0 Å². The molecule has 0 aliphatic rings. The largest absolute Gasteiger partial charge is 0.214 e. The highest BCUT2D eigenvalue weighted by atomic mass is 15.3. The van der Waals surface area contributed by atoms with Crippen molar-refractivity contribution in [2.75, 3.05) is 0 Å². The summed E-state index contributed by atoms with van der Waals surface area (Å²) in [7, 11) is 0. The van der Waals surface area contributed by atoms with E-state index >= 15 is 0 Å². The summed E-state index contributed by atoms with van der Waals surface area (Å²) in [5, 5.41) is 13.1. The molecular formula is C13H8N4. The van der Waals surface area contributed by atoms with Crippen molar-refractivity contribution in [1.82, 2.24) is 14.6 Å². The summed E-state index contributed by atoms with van der Waals surface area (Å²) in [6, 6.07) is 15.7. The molecule has 0 fully saturated rings. The van der Waals surface area contributed by atoms with E-state index in [1.54, 1.807) is 10.6 Å². The summed E-state index contributed by atoms with van der Waals surface area (Å²) in [6.07, 6.45) is 1.46. The molecule has 17 heavy (non-hydrogen) atoms. The van der Waals surface area contributed by atoms with Crippen LogP contribution in [0.3, 0.4) is 0 Å². The van der Waals surface area contributed by atoms with Crippen molar-refractivity contribution in [2.45, 2.75) is 0 Å². The Bertz CT molecular complexity index is 707. The lowest BCUT2D eigenvalue weighted by Gasteiger charge is -2.04. The quantitative estimate of drug-likeness (QED) is 0.632. The molecule has 2 heterocycles. The summed E-state index contributed by atoms with van der Waals surface area (Å²) in [4.78, 5) is 4.11. The van der Waals surface area contributed by atoms with Crippen LogP contribution in [0.15, 0.2) is 48.8 Å². The van der Waals surface area contributed by atoms with E-state index in [4.69, 9.17) is 5.26 Å². The fourth-order valence-electron chi connectivity index (χ4n) is 1.82. The van der Waals surface area contributed by atoms with Gasteiger partial charge in [0, 0.05) is 5.56 Å². The Hall–Kier alpha value is -2.67. The van der Waals surface area contributed by atoms with Crippen LogP contribution in [0.1, 0.15) is 5.56 Å². The van der Waals surface area contributed by atoms with E-state index in [0.29, 0.717) is 11.2 Å². The maximum atomic E-state index is 8.98. The van der Waals surface area contributed by atoms with E-state index in [9.17, 15) is 0 Å². The molecule has 0 bridgehead atoms. The molecule has 0 atom stereocenters. The van der Waals surface area contributed by atoms with Gasteiger partial charge in [-0.3, -0.25) is 0 Å². The van der Waals surface area contributed by atoms with Gasteiger partial charge in [0.1, 0.15) is 12.4 Å². The topological polar surface area (TPSA) is 54.0 Å². The van der Waals surface area contributed by atoms with E-state index in [2.05, 4.69) is 16.2 Å². The molecular weight excluding hydrogens is 212 g/mol. The SMILES string of the molecule is N#Cc1ccc(-c2ccccc2)n2ncnc12. The van der Waals surface area contributed by atoms with Crippen LogP contribution in [-0.4, -0.2) is 14.6 Å². The summed E-state index contributed by atoms with van der Waals surface area (Å²) < 4.78 is 1.69. The minimum atomic E-state index is 0.530. The predicted molar refractivity (Wildman–Crippen MR) is 63.1 cm³/mol. The Morgan fingerprint density at radius 1 is 1.06 bits per heavy atom. The smallest absolute Gasteiger partial charge is 0.173 e. The second-order valence-corrected chi connectivity index (χ2v) is 3.61. The molecule has 1 aromatic carbocycles. The van der Waals surface area contributed by atoms with Crippen LogP contribution in [0.2, 0.25) is 0 Å². The first-order valence-electron chi connectivity index (χ1n) is 5.18. The number of hydrogen-bond donors (Lipinski definition) is 0. The van der Waals surface area contributed by atoms with Crippen molar-refractivity contribution in [3.05, 3.63) is 54.4 Å². The number of nitrogens with zero attached hydrogens (tertiary/aromatic N) is 4. The van der Waals surface area contributed by atoms with Gasteiger partial charge in [0.15, 0.2) is 5.65 Å². The van der Waals surface area contributed by atoms with Gasteiger partial charge in [-0.15, -0.1) is 0 Å². The lowest BCUT2D eigenvalue weighted by molar-refractivity contribution is 0.967. The van der Waals surface area contributed by atoms with Crippen molar-refractivity contribution >= 4 is 5.65 Å². The third-order valence-electron chi connectivity index (χ3n) is 2.61. The minimum Gasteiger partial charge on any atom is -0.214 e. The van der Waals surface area contributed by atoms with E-state index in [1.165, 1.54) is 6.33 Å². The highest BCUT2D eigenvalue weighted by Gasteiger charge is 2.08.